The number of nitrogens with one attached hydrogen (secondary N) is 1. The maximum absolute atomic E-state index is 4.60. The van der Waals surface area contributed by atoms with Crippen molar-refractivity contribution in [2.24, 2.45) is 0 Å². The van der Waals surface area contributed by atoms with Crippen LogP contribution in [0.1, 0.15) is 23.7 Å². The van der Waals surface area contributed by atoms with E-state index in [9.17, 15) is 0 Å². The van der Waals surface area contributed by atoms with Crippen LogP contribution in [0.25, 0.3) is 10.8 Å². The van der Waals surface area contributed by atoms with Crippen LogP contribution in [0.2, 0.25) is 0 Å². The standard InChI is InChI=1S/C22H25N3/c1-2-10-20-18(7-1)8-5-11-21(20)22(17-19-9-3-4-13-24-19)25-15-6-12-23-14-16-25/h1-5,7-11,13,22-23H,6,12,14-17H2. The number of aromatic nitrogens is 1. The summed E-state index contributed by atoms with van der Waals surface area (Å²) in [7, 11) is 0. The zero-order valence-electron chi connectivity index (χ0n) is 14.6. The van der Waals surface area contributed by atoms with Crippen LogP contribution in [-0.2, 0) is 6.42 Å². The molecule has 4 rings (SSSR count). The third-order valence-corrected chi connectivity index (χ3v) is 5.13. The normalized spacial score (nSPS) is 17.3. The van der Waals surface area contributed by atoms with Crippen molar-refractivity contribution < 1.29 is 0 Å². The van der Waals surface area contributed by atoms with Gasteiger partial charge in [0.05, 0.1) is 0 Å². The molecule has 3 heteroatoms. The third-order valence-electron chi connectivity index (χ3n) is 5.13. The van der Waals surface area contributed by atoms with Gasteiger partial charge in [0, 0.05) is 44.0 Å². The number of hydrogen-bond donors (Lipinski definition) is 1. The second-order valence-corrected chi connectivity index (χ2v) is 6.75. The molecule has 128 valence electrons. The highest BCUT2D eigenvalue weighted by Crippen LogP contribution is 2.31. The molecule has 1 aromatic heterocycles. The van der Waals surface area contributed by atoms with Crippen molar-refractivity contribution in [3.63, 3.8) is 0 Å². The van der Waals surface area contributed by atoms with Crippen molar-refractivity contribution in [1.82, 2.24) is 15.2 Å². The van der Waals surface area contributed by atoms with E-state index in [-0.39, 0.29) is 0 Å². The first-order valence-corrected chi connectivity index (χ1v) is 9.24. The number of pyridine rings is 1. The second-order valence-electron chi connectivity index (χ2n) is 6.75. The van der Waals surface area contributed by atoms with E-state index in [1.807, 2.05) is 12.3 Å². The van der Waals surface area contributed by atoms with Gasteiger partial charge in [0.2, 0.25) is 0 Å². The Labute approximate surface area is 149 Å². The lowest BCUT2D eigenvalue weighted by Gasteiger charge is -2.31. The summed E-state index contributed by atoms with van der Waals surface area (Å²) in [4.78, 5) is 7.24. The molecule has 1 aliphatic rings. The molecule has 1 aliphatic heterocycles. The number of rotatable bonds is 4. The van der Waals surface area contributed by atoms with Gasteiger partial charge >= 0.3 is 0 Å². The molecule has 3 nitrogen and oxygen atoms in total. The lowest BCUT2D eigenvalue weighted by molar-refractivity contribution is 0.209. The fourth-order valence-corrected chi connectivity index (χ4v) is 3.87. The third kappa shape index (κ3) is 3.73. The van der Waals surface area contributed by atoms with E-state index in [0.29, 0.717) is 6.04 Å². The van der Waals surface area contributed by atoms with Gasteiger partial charge in [-0.05, 0) is 41.4 Å². The van der Waals surface area contributed by atoms with Gasteiger partial charge in [-0.3, -0.25) is 9.88 Å². The first-order valence-electron chi connectivity index (χ1n) is 9.24. The van der Waals surface area contributed by atoms with Crippen LogP contribution in [0.3, 0.4) is 0 Å². The summed E-state index contributed by atoms with van der Waals surface area (Å²) in [6, 6.07) is 22.0. The largest absolute Gasteiger partial charge is 0.315 e. The number of nitrogens with zero attached hydrogens (tertiary/aromatic N) is 2. The Bertz CT molecular complexity index is 802. The zero-order valence-corrected chi connectivity index (χ0v) is 14.6. The van der Waals surface area contributed by atoms with Crippen LogP contribution in [0, 0.1) is 0 Å². The van der Waals surface area contributed by atoms with E-state index < -0.39 is 0 Å². The molecule has 25 heavy (non-hydrogen) atoms. The van der Waals surface area contributed by atoms with Crippen molar-refractivity contribution in [3.05, 3.63) is 78.1 Å². The molecule has 2 heterocycles. The molecule has 0 spiro atoms. The molecule has 0 bridgehead atoms. The molecule has 1 unspecified atom stereocenters. The predicted octanol–water partition coefficient (Wildman–Crippen LogP) is 3.81. The van der Waals surface area contributed by atoms with E-state index >= 15 is 0 Å². The van der Waals surface area contributed by atoms with Crippen molar-refractivity contribution in [2.75, 3.05) is 26.2 Å². The molecule has 1 fully saturated rings. The molecule has 3 aromatic rings. The van der Waals surface area contributed by atoms with Crippen molar-refractivity contribution in [1.29, 1.82) is 0 Å². The lowest BCUT2D eigenvalue weighted by Crippen LogP contribution is -2.33. The first-order chi connectivity index (χ1) is 12.4. The molecular weight excluding hydrogens is 306 g/mol. The van der Waals surface area contributed by atoms with Crippen LogP contribution in [0.15, 0.2) is 66.9 Å². The minimum absolute atomic E-state index is 0.362. The number of hydrogen-bond acceptors (Lipinski definition) is 3. The molecule has 0 saturated carbocycles. The van der Waals surface area contributed by atoms with E-state index in [4.69, 9.17) is 0 Å². The maximum atomic E-state index is 4.60. The molecule has 1 saturated heterocycles. The average Bonchev–Trinajstić information content (AvgIpc) is 2.96. The number of benzene rings is 2. The molecule has 1 N–H and O–H groups in total. The van der Waals surface area contributed by atoms with Crippen LogP contribution >= 0.6 is 0 Å². The highest BCUT2D eigenvalue weighted by atomic mass is 15.2. The van der Waals surface area contributed by atoms with Gasteiger partial charge in [-0.25, -0.2) is 0 Å². The first kappa shape index (κ1) is 16.2. The van der Waals surface area contributed by atoms with Gasteiger partial charge < -0.3 is 5.32 Å². The van der Waals surface area contributed by atoms with E-state index in [2.05, 4.69) is 69.8 Å². The number of fused-ring (bicyclic) bond motifs is 1. The van der Waals surface area contributed by atoms with Gasteiger partial charge in [-0.1, -0.05) is 48.5 Å². The second kappa shape index (κ2) is 7.77. The molecule has 0 aliphatic carbocycles. The summed E-state index contributed by atoms with van der Waals surface area (Å²) in [5, 5.41) is 6.21. The highest BCUT2D eigenvalue weighted by molar-refractivity contribution is 5.86. The zero-order chi connectivity index (χ0) is 16.9. The molecule has 2 aromatic carbocycles. The summed E-state index contributed by atoms with van der Waals surface area (Å²) in [5.74, 6) is 0. The van der Waals surface area contributed by atoms with E-state index in [0.717, 1.165) is 38.3 Å². The van der Waals surface area contributed by atoms with Gasteiger partial charge in [-0.15, -0.1) is 0 Å². The van der Waals surface area contributed by atoms with Crippen LogP contribution in [-0.4, -0.2) is 36.1 Å². The maximum Gasteiger partial charge on any atom is 0.0422 e. The Hall–Kier alpha value is -2.23. The van der Waals surface area contributed by atoms with E-state index in [1.54, 1.807) is 0 Å². The predicted molar refractivity (Wildman–Crippen MR) is 104 cm³/mol. The minimum Gasteiger partial charge on any atom is -0.315 e. The smallest absolute Gasteiger partial charge is 0.0422 e. The Morgan fingerprint density at radius 2 is 1.80 bits per heavy atom. The fourth-order valence-electron chi connectivity index (χ4n) is 3.87. The van der Waals surface area contributed by atoms with Gasteiger partial charge in [-0.2, -0.15) is 0 Å². The Morgan fingerprint density at radius 1 is 0.920 bits per heavy atom. The summed E-state index contributed by atoms with van der Waals surface area (Å²) in [6.45, 7) is 4.39. The summed E-state index contributed by atoms with van der Waals surface area (Å²) in [6.07, 6.45) is 4.05. The molecular formula is C22H25N3. The topological polar surface area (TPSA) is 28.2 Å². The molecule has 0 amide bonds. The lowest BCUT2D eigenvalue weighted by atomic mass is 9.94. The fraction of sp³-hybridized carbons (Fsp3) is 0.318. The monoisotopic (exact) mass is 331 g/mol. The summed E-state index contributed by atoms with van der Waals surface area (Å²) in [5.41, 5.74) is 2.59. The Balaban J connectivity index is 1.75. The Kier molecular flexibility index (Phi) is 5.05. The van der Waals surface area contributed by atoms with Crippen LogP contribution in [0.4, 0.5) is 0 Å². The Morgan fingerprint density at radius 3 is 2.72 bits per heavy atom. The van der Waals surface area contributed by atoms with Gasteiger partial charge in [0.1, 0.15) is 0 Å². The van der Waals surface area contributed by atoms with Crippen LogP contribution in [0.5, 0.6) is 0 Å². The van der Waals surface area contributed by atoms with Crippen molar-refractivity contribution in [2.45, 2.75) is 18.9 Å². The summed E-state index contributed by atoms with van der Waals surface area (Å²) < 4.78 is 0. The van der Waals surface area contributed by atoms with Crippen LogP contribution < -0.4 is 5.32 Å². The minimum atomic E-state index is 0.362. The van der Waals surface area contributed by atoms with Gasteiger partial charge in [0.15, 0.2) is 0 Å². The average molecular weight is 331 g/mol. The van der Waals surface area contributed by atoms with Gasteiger partial charge in [0.25, 0.3) is 0 Å². The SMILES string of the molecule is c1ccc(CC(c2cccc3ccccc23)N2CCCNCC2)nc1. The highest BCUT2D eigenvalue weighted by Gasteiger charge is 2.23. The summed E-state index contributed by atoms with van der Waals surface area (Å²) >= 11 is 0. The van der Waals surface area contributed by atoms with Crippen molar-refractivity contribution in [3.8, 4) is 0 Å². The molecule has 1 atom stereocenters. The van der Waals surface area contributed by atoms with Crippen molar-refractivity contribution >= 4 is 10.8 Å². The van der Waals surface area contributed by atoms with E-state index in [1.165, 1.54) is 22.8 Å². The quantitative estimate of drug-likeness (QED) is 0.788. The molecule has 0 radical (unpaired) electrons.